The lowest BCUT2D eigenvalue weighted by Crippen LogP contribution is -2.37. The number of rotatable bonds is 7. The maximum atomic E-state index is 6.08. The normalized spacial score (nSPS) is 29.2. The lowest BCUT2D eigenvalue weighted by Gasteiger charge is -2.41. The van der Waals surface area contributed by atoms with Crippen LogP contribution in [0.2, 0.25) is 0 Å². The van der Waals surface area contributed by atoms with Gasteiger partial charge in [0.05, 0.1) is 26.4 Å². The summed E-state index contributed by atoms with van der Waals surface area (Å²) in [7, 11) is 3.42. The minimum absolute atomic E-state index is 0.214. The van der Waals surface area contributed by atoms with Gasteiger partial charge >= 0.3 is 0 Å². The second kappa shape index (κ2) is 7.20. The third kappa shape index (κ3) is 3.25. The van der Waals surface area contributed by atoms with E-state index >= 15 is 0 Å². The van der Waals surface area contributed by atoms with Crippen LogP contribution in [0, 0.1) is 5.41 Å². The fraction of sp³-hybridized carbons (Fsp3) is 0.684. The highest BCUT2D eigenvalue weighted by atomic mass is 16.7. The summed E-state index contributed by atoms with van der Waals surface area (Å²) >= 11 is 0. The van der Waals surface area contributed by atoms with Gasteiger partial charge in [0.25, 0.3) is 0 Å². The molecule has 0 saturated heterocycles. The Bertz CT molecular complexity index is 530. The number of methoxy groups -OCH3 is 2. The predicted octanol–water partition coefficient (Wildman–Crippen LogP) is 3.53. The molecular weight excluding hydrogens is 292 g/mol. The van der Waals surface area contributed by atoms with E-state index in [4.69, 9.17) is 18.9 Å². The SMILES string of the molecule is COCCOCO[C@@H]1CC[C@H]2c3ccc(OC)cc3CC[C@]12C. The van der Waals surface area contributed by atoms with Gasteiger partial charge < -0.3 is 18.9 Å². The number of fused-ring (bicyclic) bond motifs is 3. The smallest absolute Gasteiger partial charge is 0.147 e. The van der Waals surface area contributed by atoms with Crippen molar-refractivity contribution in [3.05, 3.63) is 29.3 Å². The first-order chi connectivity index (χ1) is 11.2. The third-order valence-corrected chi connectivity index (χ3v) is 5.69. The van der Waals surface area contributed by atoms with Crippen LogP contribution in [0.4, 0.5) is 0 Å². The summed E-state index contributed by atoms with van der Waals surface area (Å²) in [4.78, 5) is 0. The Kier molecular flexibility index (Phi) is 5.24. The monoisotopic (exact) mass is 320 g/mol. The standard InChI is InChI=1S/C19H28O4/c1-19-9-8-14-12-15(21-3)4-5-16(14)17(19)6-7-18(19)23-13-22-11-10-20-2/h4-5,12,17-18H,6-11,13H2,1-3H3/t17-,18+,19-/m0/s1. The molecule has 0 unspecified atom stereocenters. The fourth-order valence-electron chi connectivity index (χ4n) is 4.32. The molecule has 0 radical (unpaired) electrons. The molecule has 128 valence electrons. The van der Waals surface area contributed by atoms with Crippen molar-refractivity contribution < 1.29 is 18.9 Å². The molecule has 0 amide bonds. The molecule has 1 fully saturated rings. The molecule has 0 bridgehead atoms. The summed E-state index contributed by atoms with van der Waals surface area (Å²) in [5.74, 6) is 1.55. The quantitative estimate of drug-likeness (QED) is 0.569. The van der Waals surface area contributed by atoms with Crippen LogP contribution in [0.15, 0.2) is 18.2 Å². The number of hydrogen-bond donors (Lipinski definition) is 0. The molecule has 0 spiro atoms. The summed E-state index contributed by atoms with van der Waals surface area (Å²) < 4.78 is 21.9. The highest BCUT2D eigenvalue weighted by molar-refractivity contribution is 5.41. The Morgan fingerprint density at radius 3 is 2.83 bits per heavy atom. The van der Waals surface area contributed by atoms with Crippen LogP contribution in [0.3, 0.4) is 0 Å². The van der Waals surface area contributed by atoms with Crippen molar-refractivity contribution >= 4 is 0 Å². The van der Waals surface area contributed by atoms with Gasteiger partial charge in [0.15, 0.2) is 0 Å². The van der Waals surface area contributed by atoms with E-state index in [1.54, 1.807) is 14.2 Å². The number of benzene rings is 1. The van der Waals surface area contributed by atoms with Gasteiger partial charge in [0.1, 0.15) is 12.5 Å². The van der Waals surface area contributed by atoms with Gasteiger partial charge in [-0.3, -0.25) is 0 Å². The molecule has 0 aliphatic heterocycles. The lowest BCUT2D eigenvalue weighted by molar-refractivity contribution is -0.127. The van der Waals surface area contributed by atoms with Crippen LogP contribution in [0.5, 0.6) is 5.75 Å². The summed E-state index contributed by atoms with van der Waals surface area (Å²) in [6, 6.07) is 6.55. The van der Waals surface area contributed by atoms with Crippen LogP contribution in [-0.2, 0) is 20.6 Å². The molecule has 0 N–H and O–H groups in total. The van der Waals surface area contributed by atoms with Gasteiger partial charge in [-0.1, -0.05) is 13.0 Å². The van der Waals surface area contributed by atoms with Crippen molar-refractivity contribution in [3.8, 4) is 5.75 Å². The van der Waals surface area contributed by atoms with Crippen LogP contribution < -0.4 is 4.74 Å². The maximum Gasteiger partial charge on any atom is 0.147 e. The van der Waals surface area contributed by atoms with Gasteiger partial charge in [-0.25, -0.2) is 0 Å². The highest BCUT2D eigenvalue weighted by Gasteiger charge is 2.50. The third-order valence-electron chi connectivity index (χ3n) is 5.69. The zero-order valence-electron chi connectivity index (χ0n) is 14.5. The van der Waals surface area contributed by atoms with Crippen molar-refractivity contribution in [2.45, 2.75) is 44.6 Å². The van der Waals surface area contributed by atoms with E-state index in [0.29, 0.717) is 25.9 Å². The van der Waals surface area contributed by atoms with E-state index in [9.17, 15) is 0 Å². The van der Waals surface area contributed by atoms with Gasteiger partial charge in [0.2, 0.25) is 0 Å². The van der Waals surface area contributed by atoms with Crippen molar-refractivity contribution in [1.82, 2.24) is 0 Å². The lowest BCUT2D eigenvalue weighted by atomic mass is 9.66. The minimum Gasteiger partial charge on any atom is -0.497 e. The number of aryl methyl sites for hydroxylation is 1. The Labute approximate surface area is 139 Å². The largest absolute Gasteiger partial charge is 0.497 e. The molecule has 1 saturated carbocycles. The number of ether oxygens (including phenoxy) is 4. The average Bonchev–Trinajstić information content (AvgIpc) is 2.91. The summed E-state index contributed by atoms with van der Waals surface area (Å²) in [5.41, 5.74) is 3.15. The van der Waals surface area contributed by atoms with E-state index in [0.717, 1.165) is 18.6 Å². The van der Waals surface area contributed by atoms with E-state index in [2.05, 4.69) is 25.1 Å². The molecule has 4 nitrogen and oxygen atoms in total. The molecule has 3 atom stereocenters. The maximum absolute atomic E-state index is 6.08. The molecule has 2 aliphatic carbocycles. The Hall–Kier alpha value is -1.10. The Morgan fingerprint density at radius 2 is 2.04 bits per heavy atom. The van der Waals surface area contributed by atoms with Crippen LogP contribution in [-0.4, -0.2) is 40.3 Å². The number of hydrogen-bond acceptors (Lipinski definition) is 4. The Morgan fingerprint density at radius 1 is 1.17 bits per heavy atom. The van der Waals surface area contributed by atoms with Gasteiger partial charge in [0, 0.05) is 12.5 Å². The zero-order valence-corrected chi connectivity index (χ0v) is 14.5. The van der Waals surface area contributed by atoms with E-state index in [1.165, 1.54) is 24.0 Å². The minimum atomic E-state index is 0.214. The second-order valence-electron chi connectivity index (χ2n) is 6.87. The average molecular weight is 320 g/mol. The summed E-state index contributed by atoms with van der Waals surface area (Å²) in [6.07, 6.45) is 4.86. The van der Waals surface area contributed by atoms with Gasteiger partial charge in [-0.05, 0) is 54.9 Å². The first-order valence-corrected chi connectivity index (χ1v) is 8.54. The van der Waals surface area contributed by atoms with Crippen molar-refractivity contribution in [2.24, 2.45) is 5.41 Å². The van der Waals surface area contributed by atoms with Crippen LogP contribution in [0.25, 0.3) is 0 Å². The molecule has 4 heteroatoms. The van der Waals surface area contributed by atoms with Crippen molar-refractivity contribution in [3.63, 3.8) is 0 Å². The first-order valence-electron chi connectivity index (χ1n) is 8.54. The van der Waals surface area contributed by atoms with E-state index in [-0.39, 0.29) is 11.5 Å². The molecular formula is C19H28O4. The fourth-order valence-corrected chi connectivity index (χ4v) is 4.32. The molecule has 2 aliphatic rings. The molecule has 1 aromatic carbocycles. The Balaban J connectivity index is 1.66. The van der Waals surface area contributed by atoms with E-state index < -0.39 is 0 Å². The van der Waals surface area contributed by atoms with Crippen molar-refractivity contribution in [1.29, 1.82) is 0 Å². The van der Waals surface area contributed by atoms with Gasteiger partial charge in [-0.15, -0.1) is 0 Å². The van der Waals surface area contributed by atoms with Crippen LogP contribution in [0.1, 0.15) is 43.2 Å². The van der Waals surface area contributed by atoms with Crippen molar-refractivity contribution in [2.75, 3.05) is 34.2 Å². The molecule has 0 aromatic heterocycles. The first kappa shape index (κ1) is 16.7. The predicted molar refractivity (Wildman–Crippen MR) is 89.0 cm³/mol. The van der Waals surface area contributed by atoms with Crippen LogP contribution >= 0.6 is 0 Å². The topological polar surface area (TPSA) is 36.9 Å². The zero-order chi connectivity index (χ0) is 16.3. The summed E-state index contributed by atoms with van der Waals surface area (Å²) in [5, 5.41) is 0. The highest BCUT2D eigenvalue weighted by Crippen LogP contribution is 2.56. The summed E-state index contributed by atoms with van der Waals surface area (Å²) in [6.45, 7) is 3.96. The molecule has 23 heavy (non-hydrogen) atoms. The molecule has 0 heterocycles. The van der Waals surface area contributed by atoms with Gasteiger partial charge in [-0.2, -0.15) is 0 Å². The molecule has 3 rings (SSSR count). The second-order valence-corrected chi connectivity index (χ2v) is 6.87. The molecule has 1 aromatic rings. The van der Waals surface area contributed by atoms with E-state index in [1.807, 2.05) is 0 Å².